The van der Waals surface area contributed by atoms with Crippen molar-refractivity contribution in [3.05, 3.63) is 34.9 Å². The van der Waals surface area contributed by atoms with Crippen LogP contribution < -0.4 is 5.32 Å². The second kappa shape index (κ2) is 6.96. The molecule has 0 aliphatic heterocycles. The van der Waals surface area contributed by atoms with Crippen LogP contribution in [0.4, 0.5) is 4.79 Å². The molecule has 104 valence electrons. The fourth-order valence-electron chi connectivity index (χ4n) is 1.43. The largest absolute Gasteiger partial charge is 0.480 e. The summed E-state index contributed by atoms with van der Waals surface area (Å²) in [6.07, 6.45) is 0. The number of carbonyl (C=O) groups excluding carboxylic acids is 1. The molecular weight excluding hydrogens is 272 g/mol. The van der Waals surface area contributed by atoms with E-state index in [1.807, 2.05) is 0 Å². The van der Waals surface area contributed by atoms with Gasteiger partial charge in [-0.05, 0) is 17.7 Å². The fraction of sp³-hybridized carbons (Fsp3) is 0.333. The maximum absolute atomic E-state index is 11.7. The summed E-state index contributed by atoms with van der Waals surface area (Å²) in [5.41, 5.74) is 0.820. The Bertz CT molecular complexity index is 467. The second-order valence-corrected chi connectivity index (χ2v) is 4.45. The third-order valence-corrected chi connectivity index (χ3v) is 2.67. The minimum absolute atomic E-state index is 0.282. The number of aliphatic carboxylic acids is 1. The normalized spacial score (nSPS) is 11.7. The van der Waals surface area contributed by atoms with Crippen molar-refractivity contribution in [2.24, 2.45) is 0 Å². The number of hydrogen-bond donors (Lipinski definition) is 3. The Morgan fingerprint density at radius 1 is 1.47 bits per heavy atom. The van der Waals surface area contributed by atoms with Crippen LogP contribution in [0.1, 0.15) is 5.56 Å². The Kier molecular flexibility index (Phi) is 5.59. The van der Waals surface area contributed by atoms with E-state index in [4.69, 9.17) is 21.8 Å². The zero-order valence-electron chi connectivity index (χ0n) is 10.3. The van der Waals surface area contributed by atoms with E-state index < -0.39 is 24.6 Å². The highest BCUT2D eigenvalue weighted by molar-refractivity contribution is 6.30. The van der Waals surface area contributed by atoms with Gasteiger partial charge >= 0.3 is 12.0 Å². The van der Waals surface area contributed by atoms with Crippen LogP contribution in [-0.2, 0) is 11.3 Å². The topological polar surface area (TPSA) is 89.9 Å². The number of carboxylic acid groups (broad SMARTS) is 1. The van der Waals surface area contributed by atoms with Gasteiger partial charge in [0.15, 0.2) is 6.04 Å². The molecule has 0 aliphatic rings. The van der Waals surface area contributed by atoms with Gasteiger partial charge in [-0.25, -0.2) is 9.59 Å². The van der Waals surface area contributed by atoms with E-state index in [1.165, 1.54) is 11.9 Å². The summed E-state index contributed by atoms with van der Waals surface area (Å²) >= 11 is 5.83. The van der Waals surface area contributed by atoms with E-state index in [1.54, 1.807) is 24.3 Å². The van der Waals surface area contributed by atoms with Crippen molar-refractivity contribution in [2.45, 2.75) is 12.6 Å². The molecule has 0 saturated heterocycles. The van der Waals surface area contributed by atoms with Crippen molar-refractivity contribution in [3.63, 3.8) is 0 Å². The van der Waals surface area contributed by atoms with Crippen molar-refractivity contribution in [1.29, 1.82) is 0 Å². The molecular formula is C12H15ClN2O4. The van der Waals surface area contributed by atoms with Crippen LogP contribution >= 0.6 is 11.6 Å². The van der Waals surface area contributed by atoms with E-state index in [0.717, 1.165) is 5.56 Å². The number of aliphatic hydroxyl groups is 1. The molecule has 0 bridgehead atoms. The highest BCUT2D eigenvalue weighted by Crippen LogP contribution is 2.12. The first-order chi connectivity index (χ1) is 8.93. The SMILES string of the molecule is CN(Cc1cccc(Cl)c1)C(=O)N[C@H](CO)C(=O)O. The van der Waals surface area contributed by atoms with Crippen LogP contribution in [0.25, 0.3) is 0 Å². The van der Waals surface area contributed by atoms with E-state index >= 15 is 0 Å². The lowest BCUT2D eigenvalue weighted by Crippen LogP contribution is -2.48. The summed E-state index contributed by atoms with van der Waals surface area (Å²) in [6.45, 7) is -0.379. The maximum atomic E-state index is 11.7. The summed E-state index contributed by atoms with van der Waals surface area (Å²) < 4.78 is 0. The first kappa shape index (κ1) is 15.3. The first-order valence-electron chi connectivity index (χ1n) is 5.53. The first-order valence-corrected chi connectivity index (χ1v) is 5.91. The lowest BCUT2D eigenvalue weighted by molar-refractivity contribution is -0.140. The Labute approximate surface area is 115 Å². The predicted molar refractivity (Wildman–Crippen MR) is 70.0 cm³/mol. The van der Waals surface area contributed by atoms with Crippen LogP contribution in [0.15, 0.2) is 24.3 Å². The summed E-state index contributed by atoms with van der Waals surface area (Å²) in [4.78, 5) is 23.7. The highest BCUT2D eigenvalue weighted by atomic mass is 35.5. The number of benzene rings is 1. The van der Waals surface area contributed by atoms with Crippen molar-refractivity contribution < 1.29 is 19.8 Å². The summed E-state index contributed by atoms with van der Waals surface area (Å²) in [7, 11) is 1.52. The Morgan fingerprint density at radius 2 is 2.16 bits per heavy atom. The summed E-state index contributed by atoms with van der Waals surface area (Å²) in [5.74, 6) is -1.29. The molecule has 7 heteroatoms. The van der Waals surface area contributed by atoms with E-state index in [2.05, 4.69) is 5.32 Å². The van der Waals surface area contributed by atoms with Gasteiger partial charge in [-0.1, -0.05) is 23.7 Å². The molecule has 0 aliphatic carbocycles. The van der Waals surface area contributed by atoms with Crippen LogP contribution in [0.5, 0.6) is 0 Å². The molecule has 0 saturated carbocycles. The van der Waals surface area contributed by atoms with E-state index in [9.17, 15) is 9.59 Å². The van der Waals surface area contributed by atoms with Crippen molar-refractivity contribution in [2.75, 3.05) is 13.7 Å². The molecule has 0 aromatic heterocycles. The maximum Gasteiger partial charge on any atom is 0.328 e. The van der Waals surface area contributed by atoms with E-state index in [-0.39, 0.29) is 6.54 Å². The molecule has 0 spiro atoms. The monoisotopic (exact) mass is 286 g/mol. The fourth-order valence-corrected chi connectivity index (χ4v) is 1.64. The van der Waals surface area contributed by atoms with Gasteiger partial charge in [-0.15, -0.1) is 0 Å². The van der Waals surface area contributed by atoms with Crippen LogP contribution in [0.2, 0.25) is 5.02 Å². The number of carbonyl (C=O) groups is 2. The smallest absolute Gasteiger partial charge is 0.328 e. The predicted octanol–water partition coefficient (Wildman–Crippen LogP) is 0.927. The number of hydrogen-bond acceptors (Lipinski definition) is 3. The van der Waals surface area contributed by atoms with Gasteiger partial charge in [0, 0.05) is 18.6 Å². The standard InChI is InChI=1S/C12H15ClN2O4/c1-15(6-8-3-2-4-9(13)5-8)12(19)14-10(7-16)11(17)18/h2-5,10,16H,6-7H2,1H3,(H,14,19)(H,17,18)/t10-/m1/s1. The number of rotatable bonds is 5. The zero-order chi connectivity index (χ0) is 14.4. The quantitative estimate of drug-likeness (QED) is 0.751. The van der Waals surface area contributed by atoms with Crippen molar-refractivity contribution in [3.8, 4) is 0 Å². The molecule has 1 aromatic carbocycles. The molecule has 1 rings (SSSR count). The summed E-state index contributed by atoms with van der Waals surface area (Å²) in [6, 6.07) is 5.10. The molecule has 0 fully saturated rings. The number of nitrogens with zero attached hydrogens (tertiary/aromatic N) is 1. The number of halogens is 1. The average Bonchev–Trinajstić information content (AvgIpc) is 2.35. The van der Waals surface area contributed by atoms with Crippen LogP contribution in [-0.4, -0.2) is 46.8 Å². The molecule has 0 unspecified atom stereocenters. The number of carboxylic acids is 1. The van der Waals surface area contributed by atoms with Crippen molar-refractivity contribution in [1.82, 2.24) is 10.2 Å². The minimum atomic E-state index is -1.31. The molecule has 2 amide bonds. The second-order valence-electron chi connectivity index (χ2n) is 4.01. The lowest BCUT2D eigenvalue weighted by atomic mass is 10.2. The Hall–Kier alpha value is -1.79. The van der Waals surface area contributed by atoms with Gasteiger partial charge in [-0.2, -0.15) is 0 Å². The number of amides is 2. The van der Waals surface area contributed by atoms with Gasteiger partial charge < -0.3 is 20.4 Å². The van der Waals surface area contributed by atoms with Gasteiger partial charge in [0.1, 0.15) is 0 Å². The van der Waals surface area contributed by atoms with Crippen molar-refractivity contribution >= 4 is 23.6 Å². The molecule has 6 nitrogen and oxygen atoms in total. The van der Waals surface area contributed by atoms with Crippen LogP contribution in [0.3, 0.4) is 0 Å². The van der Waals surface area contributed by atoms with Crippen LogP contribution in [0, 0.1) is 0 Å². The Morgan fingerprint density at radius 3 is 2.68 bits per heavy atom. The average molecular weight is 287 g/mol. The number of urea groups is 1. The Balaban J connectivity index is 2.60. The molecule has 0 radical (unpaired) electrons. The molecule has 19 heavy (non-hydrogen) atoms. The molecule has 1 aromatic rings. The van der Waals surface area contributed by atoms with E-state index in [0.29, 0.717) is 5.02 Å². The molecule has 0 heterocycles. The molecule has 3 N–H and O–H groups in total. The zero-order valence-corrected chi connectivity index (χ0v) is 11.1. The minimum Gasteiger partial charge on any atom is -0.480 e. The van der Waals surface area contributed by atoms with Gasteiger partial charge in [0.25, 0.3) is 0 Å². The highest BCUT2D eigenvalue weighted by Gasteiger charge is 2.20. The molecule has 1 atom stereocenters. The van der Waals surface area contributed by atoms with Gasteiger partial charge in [0.2, 0.25) is 0 Å². The lowest BCUT2D eigenvalue weighted by Gasteiger charge is -2.20. The number of aliphatic hydroxyl groups excluding tert-OH is 1. The summed E-state index contributed by atoms with van der Waals surface area (Å²) in [5, 5.41) is 20.3. The van der Waals surface area contributed by atoms with Gasteiger partial charge in [-0.3, -0.25) is 0 Å². The van der Waals surface area contributed by atoms with Gasteiger partial charge in [0.05, 0.1) is 6.61 Å². The number of nitrogens with one attached hydrogen (secondary N) is 1. The third kappa shape index (κ3) is 4.76. The third-order valence-electron chi connectivity index (χ3n) is 2.43.